The van der Waals surface area contributed by atoms with Crippen LogP contribution in [-0.4, -0.2) is 36.2 Å². The van der Waals surface area contributed by atoms with Crippen LogP contribution in [0.2, 0.25) is 0 Å². The highest BCUT2D eigenvalue weighted by molar-refractivity contribution is 5.79. The topological polar surface area (TPSA) is 75.6 Å². The maximum atomic E-state index is 12.0. The summed E-state index contributed by atoms with van der Waals surface area (Å²) < 4.78 is 5.52. The monoisotopic (exact) mass is 297 g/mol. The molecule has 0 unspecified atom stereocenters. The number of carboxylic acid groups (broad SMARTS) is 1. The van der Waals surface area contributed by atoms with Crippen molar-refractivity contribution in [2.45, 2.75) is 58.0 Å². The number of amides is 1. The van der Waals surface area contributed by atoms with Crippen molar-refractivity contribution >= 4 is 11.9 Å². The summed E-state index contributed by atoms with van der Waals surface area (Å²) in [4.78, 5) is 22.9. The van der Waals surface area contributed by atoms with Crippen molar-refractivity contribution in [3.8, 4) is 0 Å². The van der Waals surface area contributed by atoms with E-state index in [-0.39, 0.29) is 17.7 Å². The largest absolute Gasteiger partial charge is 0.481 e. The van der Waals surface area contributed by atoms with Gasteiger partial charge in [0.15, 0.2) is 0 Å². The maximum absolute atomic E-state index is 12.0. The fourth-order valence-electron chi connectivity index (χ4n) is 3.43. The number of hydrogen-bond donors (Lipinski definition) is 2. The smallest absolute Gasteiger partial charge is 0.306 e. The summed E-state index contributed by atoms with van der Waals surface area (Å²) in [7, 11) is 0. The molecule has 2 saturated carbocycles. The van der Waals surface area contributed by atoms with Gasteiger partial charge in [0.05, 0.1) is 12.0 Å². The number of carbonyl (C=O) groups excluding carboxylic acids is 1. The summed E-state index contributed by atoms with van der Waals surface area (Å²) in [5.41, 5.74) is 0. The third kappa shape index (κ3) is 4.70. The number of carbonyl (C=O) groups is 2. The molecule has 1 amide bonds. The van der Waals surface area contributed by atoms with E-state index in [1.165, 1.54) is 0 Å². The number of rotatable bonds is 7. The van der Waals surface area contributed by atoms with Crippen LogP contribution in [0.1, 0.15) is 51.9 Å². The van der Waals surface area contributed by atoms with Crippen LogP contribution in [-0.2, 0) is 14.3 Å². The van der Waals surface area contributed by atoms with Crippen molar-refractivity contribution in [2.75, 3.05) is 13.2 Å². The Morgan fingerprint density at radius 2 is 1.76 bits per heavy atom. The molecule has 5 nitrogen and oxygen atoms in total. The van der Waals surface area contributed by atoms with Crippen molar-refractivity contribution in [3.63, 3.8) is 0 Å². The second kappa shape index (κ2) is 7.78. The first-order valence-corrected chi connectivity index (χ1v) is 8.22. The second-order valence-electron chi connectivity index (χ2n) is 6.38. The molecule has 2 fully saturated rings. The molecule has 0 spiro atoms. The molecule has 2 rings (SSSR count). The summed E-state index contributed by atoms with van der Waals surface area (Å²) >= 11 is 0. The Bertz CT molecular complexity index is 357. The molecule has 0 radical (unpaired) electrons. The number of ether oxygens (including phenoxy) is 1. The predicted molar refractivity (Wildman–Crippen MR) is 78.8 cm³/mol. The molecule has 0 aliphatic heterocycles. The van der Waals surface area contributed by atoms with E-state index in [1.54, 1.807) is 0 Å². The van der Waals surface area contributed by atoms with Gasteiger partial charge in [0, 0.05) is 19.1 Å². The molecule has 0 heterocycles. The Morgan fingerprint density at radius 1 is 1.14 bits per heavy atom. The van der Waals surface area contributed by atoms with Gasteiger partial charge in [-0.25, -0.2) is 0 Å². The Kier molecular flexibility index (Phi) is 6.03. The maximum Gasteiger partial charge on any atom is 0.306 e. The molecular weight excluding hydrogens is 270 g/mol. The number of carboxylic acids is 1. The summed E-state index contributed by atoms with van der Waals surface area (Å²) in [6.45, 7) is 3.54. The van der Waals surface area contributed by atoms with E-state index in [0.29, 0.717) is 37.7 Å². The van der Waals surface area contributed by atoms with Crippen molar-refractivity contribution in [1.29, 1.82) is 0 Å². The van der Waals surface area contributed by atoms with Crippen LogP contribution < -0.4 is 5.32 Å². The summed E-state index contributed by atoms with van der Waals surface area (Å²) in [5.74, 6) is -0.162. The molecule has 21 heavy (non-hydrogen) atoms. The third-order valence-corrected chi connectivity index (χ3v) is 4.89. The van der Waals surface area contributed by atoms with Gasteiger partial charge >= 0.3 is 5.97 Å². The van der Waals surface area contributed by atoms with Gasteiger partial charge < -0.3 is 15.2 Å². The highest BCUT2D eigenvalue weighted by atomic mass is 16.5. The lowest BCUT2D eigenvalue weighted by Gasteiger charge is -2.35. The lowest BCUT2D eigenvalue weighted by atomic mass is 9.79. The molecule has 0 aromatic heterocycles. The Labute approximate surface area is 126 Å². The van der Waals surface area contributed by atoms with Crippen LogP contribution >= 0.6 is 0 Å². The molecule has 0 aromatic carbocycles. The molecule has 2 aliphatic carbocycles. The zero-order chi connectivity index (χ0) is 15.2. The normalized spacial score (nSPS) is 32.2. The highest BCUT2D eigenvalue weighted by Crippen LogP contribution is 2.32. The molecule has 0 atom stereocenters. The van der Waals surface area contributed by atoms with Crippen LogP contribution in [0.3, 0.4) is 0 Å². The lowest BCUT2D eigenvalue weighted by molar-refractivity contribution is -0.144. The van der Waals surface area contributed by atoms with Gasteiger partial charge in [0.2, 0.25) is 5.91 Å². The Hall–Kier alpha value is -1.10. The molecule has 5 heteroatoms. The fourth-order valence-corrected chi connectivity index (χ4v) is 3.43. The number of nitrogens with one attached hydrogen (secondary N) is 1. The van der Waals surface area contributed by atoms with Crippen LogP contribution in [0, 0.1) is 17.8 Å². The van der Waals surface area contributed by atoms with Crippen LogP contribution in [0.4, 0.5) is 0 Å². The van der Waals surface area contributed by atoms with Crippen molar-refractivity contribution in [2.24, 2.45) is 17.8 Å². The number of hydrogen-bond acceptors (Lipinski definition) is 3. The Balaban J connectivity index is 1.55. The van der Waals surface area contributed by atoms with Crippen LogP contribution in [0.5, 0.6) is 0 Å². The highest BCUT2D eigenvalue weighted by Gasteiger charge is 2.31. The number of aliphatic carboxylic acids is 1. The average Bonchev–Trinajstić information content (AvgIpc) is 2.44. The van der Waals surface area contributed by atoms with E-state index in [0.717, 1.165) is 32.4 Å². The van der Waals surface area contributed by atoms with Crippen molar-refractivity contribution in [1.82, 2.24) is 5.32 Å². The average molecular weight is 297 g/mol. The summed E-state index contributed by atoms with van der Waals surface area (Å²) in [5, 5.41) is 12.0. The van der Waals surface area contributed by atoms with E-state index < -0.39 is 5.97 Å². The van der Waals surface area contributed by atoms with Gasteiger partial charge in [0.25, 0.3) is 0 Å². The van der Waals surface area contributed by atoms with E-state index >= 15 is 0 Å². The standard InChI is InChI=1S/C16H27NO4/c1-2-21-14-9-11(10-14)7-8-17-15(18)12-3-5-13(6-4-12)16(19)20/h11-14H,2-10H2,1H3,(H,17,18)(H,19,20). The SMILES string of the molecule is CCOC1CC(CCNC(=O)C2CCC(C(=O)O)CC2)C1. The summed E-state index contributed by atoms with van der Waals surface area (Å²) in [6, 6.07) is 0. The minimum atomic E-state index is -0.720. The molecule has 0 bridgehead atoms. The van der Waals surface area contributed by atoms with Crippen LogP contribution in [0.15, 0.2) is 0 Å². The second-order valence-corrected chi connectivity index (χ2v) is 6.38. The molecule has 0 saturated heterocycles. The van der Waals surface area contributed by atoms with Gasteiger partial charge in [-0.3, -0.25) is 9.59 Å². The predicted octanol–water partition coefficient (Wildman–Crippen LogP) is 2.20. The van der Waals surface area contributed by atoms with Gasteiger partial charge in [-0.2, -0.15) is 0 Å². The zero-order valence-corrected chi connectivity index (χ0v) is 12.8. The first-order valence-electron chi connectivity index (χ1n) is 8.22. The van der Waals surface area contributed by atoms with Crippen LogP contribution in [0.25, 0.3) is 0 Å². The lowest BCUT2D eigenvalue weighted by Crippen LogP contribution is -2.37. The molecule has 2 aliphatic rings. The van der Waals surface area contributed by atoms with Gasteiger partial charge in [-0.15, -0.1) is 0 Å². The quantitative estimate of drug-likeness (QED) is 0.755. The third-order valence-electron chi connectivity index (χ3n) is 4.89. The minimum Gasteiger partial charge on any atom is -0.481 e. The van der Waals surface area contributed by atoms with E-state index in [1.807, 2.05) is 6.92 Å². The zero-order valence-electron chi connectivity index (χ0n) is 12.8. The molecular formula is C16H27NO4. The molecule has 2 N–H and O–H groups in total. The first-order chi connectivity index (χ1) is 10.1. The minimum absolute atomic E-state index is 0.0122. The van der Waals surface area contributed by atoms with Crippen molar-refractivity contribution < 1.29 is 19.4 Å². The van der Waals surface area contributed by atoms with Crippen molar-refractivity contribution in [3.05, 3.63) is 0 Å². The van der Waals surface area contributed by atoms with Gasteiger partial charge in [-0.05, 0) is 57.8 Å². The first kappa shape index (κ1) is 16.3. The molecule has 0 aromatic rings. The van der Waals surface area contributed by atoms with E-state index in [9.17, 15) is 9.59 Å². The van der Waals surface area contributed by atoms with Gasteiger partial charge in [0.1, 0.15) is 0 Å². The van der Waals surface area contributed by atoms with E-state index in [4.69, 9.17) is 9.84 Å². The fraction of sp³-hybridized carbons (Fsp3) is 0.875. The Morgan fingerprint density at radius 3 is 2.33 bits per heavy atom. The molecule has 120 valence electrons. The van der Waals surface area contributed by atoms with Gasteiger partial charge in [-0.1, -0.05) is 0 Å². The summed E-state index contributed by atoms with van der Waals surface area (Å²) in [6.07, 6.45) is 6.37. The van der Waals surface area contributed by atoms with E-state index in [2.05, 4.69) is 5.32 Å².